The molecule has 0 fully saturated rings. The van der Waals surface area contributed by atoms with E-state index in [-0.39, 0.29) is 49.7 Å². The van der Waals surface area contributed by atoms with Gasteiger partial charge in [-0.15, -0.1) is 0 Å². The van der Waals surface area contributed by atoms with Crippen LogP contribution in [0, 0.1) is 23.4 Å². The molecule has 1 aromatic heterocycles. The zero-order chi connectivity index (χ0) is 38.0. The van der Waals surface area contributed by atoms with Crippen LogP contribution in [-0.4, -0.2) is 47.1 Å². The predicted molar refractivity (Wildman–Crippen MR) is 168 cm³/mol. The molecule has 1 aliphatic rings. The first-order chi connectivity index (χ1) is 23.7. The molecule has 51 heavy (non-hydrogen) atoms. The Morgan fingerprint density at radius 3 is 2.25 bits per heavy atom. The van der Waals surface area contributed by atoms with Crippen molar-refractivity contribution >= 4 is 11.9 Å². The van der Waals surface area contributed by atoms with Gasteiger partial charge in [-0.3, -0.25) is 14.4 Å². The van der Waals surface area contributed by atoms with Crippen molar-refractivity contribution < 1.29 is 54.2 Å². The summed E-state index contributed by atoms with van der Waals surface area (Å²) in [5, 5.41) is 11.9. The summed E-state index contributed by atoms with van der Waals surface area (Å²) in [5.41, 5.74) is -6.72. The van der Waals surface area contributed by atoms with Crippen molar-refractivity contribution in [2.24, 2.45) is 5.92 Å². The van der Waals surface area contributed by atoms with Crippen LogP contribution in [0.2, 0.25) is 0 Å². The number of aryl methyl sites for hydroxylation is 2. The molecule has 0 unspecified atom stereocenters. The average Bonchev–Trinajstić information content (AvgIpc) is 2.98. The normalized spacial score (nSPS) is 19.0. The van der Waals surface area contributed by atoms with Crippen molar-refractivity contribution in [1.29, 1.82) is 0 Å². The molecule has 2 aromatic carbocycles. The number of carboxylic acid groups (broad SMARTS) is 1. The summed E-state index contributed by atoms with van der Waals surface area (Å²) in [6, 6.07) is -0.875. The molecule has 0 saturated carbocycles. The number of pyridine rings is 1. The second-order valence-corrected chi connectivity index (χ2v) is 13.1. The van der Waals surface area contributed by atoms with Gasteiger partial charge < -0.3 is 19.9 Å². The third-order valence-corrected chi connectivity index (χ3v) is 8.83. The molecule has 16 heteroatoms. The quantitative estimate of drug-likeness (QED) is 0.243. The van der Waals surface area contributed by atoms with Crippen LogP contribution in [0.5, 0.6) is 0 Å². The number of fused-ring (bicyclic) bond motifs is 4. The molecule has 2 heterocycles. The maximum absolute atomic E-state index is 15.8. The predicted octanol–water partition coefficient (Wildman–Crippen LogP) is 7.70. The van der Waals surface area contributed by atoms with Crippen molar-refractivity contribution in [2.75, 3.05) is 20.6 Å². The van der Waals surface area contributed by atoms with E-state index >= 15 is 8.78 Å². The lowest BCUT2D eigenvalue weighted by Gasteiger charge is -2.28. The highest BCUT2D eigenvalue weighted by Gasteiger charge is 2.39. The topological polar surface area (TPSA) is 91.6 Å². The number of halogens is 9. The molecule has 1 aliphatic heterocycles. The van der Waals surface area contributed by atoms with Gasteiger partial charge in [0, 0.05) is 29.5 Å². The van der Waals surface area contributed by atoms with E-state index in [0.717, 1.165) is 22.9 Å². The zero-order valence-electron chi connectivity index (χ0n) is 27.8. The summed E-state index contributed by atoms with van der Waals surface area (Å²) in [6.45, 7) is 2.04. The van der Waals surface area contributed by atoms with Gasteiger partial charge in [0.2, 0.25) is 5.91 Å². The first kappa shape index (κ1) is 39.4. The highest BCUT2D eigenvalue weighted by atomic mass is 19.4. The van der Waals surface area contributed by atoms with Gasteiger partial charge in [0.25, 0.3) is 5.56 Å². The first-order valence-electron chi connectivity index (χ1n) is 16.0. The molecule has 2 N–H and O–H groups in total. The molecule has 0 saturated heterocycles. The van der Waals surface area contributed by atoms with Crippen molar-refractivity contribution in [2.45, 2.75) is 76.3 Å². The molecular formula is C35H36F9N3O4. The Bertz CT molecular complexity index is 1840. The lowest BCUT2D eigenvalue weighted by molar-refractivity contribution is -0.140. The van der Waals surface area contributed by atoms with Crippen LogP contribution in [0.1, 0.15) is 78.9 Å². The summed E-state index contributed by atoms with van der Waals surface area (Å²) in [7, 11) is 3.42. The highest BCUT2D eigenvalue weighted by Crippen LogP contribution is 2.41. The minimum Gasteiger partial charge on any atom is -0.481 e. The van der Waals surface area contributed by atoms with Gasteiger partial charge in [0.05, 0.1) is 23.6 Å². The number of carbonyl (C=O) groups is 2. The number of amides is 1. The summed E-state index contributed by atoms with van der Waals surface area (Å²) in [6.07, 6.45) is -10.4. The van der Waals surface area contributed by atoms with E-state index in [1.54, 1.807) is 25.9 Å². The van der Waals surface area contributed by atoms with Crippen LogP contribution in [0.25, 0.3) is 11.1 Å². The SMILES string of the molecule is C[C@H]1CCCc2cc(F)cc(F)c2-c2cc(c(F)c(C(F)(F)F)c2)[C@H](CC(=O)O)NC(=O)[C@@H](n2cc(CCCN(C)C)c(C(F)(F)F)cc2=O)C1. The van der Waals surface area contributed by atoms with Crippen molar-refractivity contribution in [3.05, 3.63) is 92.2 Å². The maximum Gasteiger partial charge on any atom is 0.419 e. The third-order valence-electron chi connectivity index (χ3n) is 8.83. The number of benzene rings is 2. The Hall–Kier alpha value is -4.34. The number of alkyl halides is 6. The fourth-order valence-corrected chi connectivity index (χ4v) is 6.45. The molecule has 3 aromatic rings. The van der Waals surface area contributed by atoms with Gasteiger partial charge in [-0.05, 0) is 93.6 Å². The van der Waals surface area contributed by atoms with Crippen LogP contribution in [0.4, 0.5) is 39.5 Å². The summed E-state index contributed by atoms with van der Waals surface area (Å²) < 4.78 is 131. The average molecular weight is 734 g/mol. The molecule has 2 bridgehead atoms. The van der Waals surface area contributed by atoms with Crippen LogP contribution in [-0.2, 0) is 34.8 Å². The molecule has 0 aliphatic carbocycles. The molecule has 7 nitrogen and oxygen atoms in total. The third kappa shape index (κ3) is 9.51. The maximum atomic E-state index is 15.8. The van der Waals surface area contributed by atoms with Crippen LogP contribution in [0.15, 0.2) is 41.3 Å². The van der Waals surface area contributed by atoms with Gasteiger partial charge in [0.1, 0.15) is 23.5 Å². The van der Waals surface area contributed by atoms with Crippen LogP contribution in [0.3, 0.4) is 0 Å². The Morgan fingerprint density at radius 1 is 0.980 bits per heavy atom. The molecule has 4 rings (SSSR count). The number of hydrogen-bond acceptors (Lipinski definition) is 4. The molecule has 3 atom stereocenters. The Balaban J connectivity index is 1.95. The fraction of sp³-hybridized carbons (Fsp3) is 0.457. The lowest BCUT2D eigenvalue weighted by Crippen LogP contribution is -2.41. The smallest absolute Gasteiger partial charge is 0.419 e. The molecule has 1 amide bonds. The first-order valence-corrected chi connectivity index (χ1v) is 16.0. The second kappa shape index (κ2) is 15.5. The number of carboxylic acids is 1. The molecule has 0 radical (unpaired) electrons. The van der Waals surface area contributed by atoms with E-state index in [9.17, 15) is 50.2 Å². The second-order valence-electron chi connectivity index (χ2n) is 13.1. The van der Waals surface area contributed by atoms with E-state index in [2.05, 4.69) is 5.32 Å². The Morgan fingerprint density at radius 2 is 1.65 bits per heavy atom. The number of hydrogen-bond donors (Lipinski definition) is 2. The minimum atomic E-state index is -5.39. The van der Waals surface area contributed by atoms with Gasteiger partial charge in [-0.1, -0.05) is 13.3 Å². The van der Waals surface area contributed by atoms with E-state index in [4.69, 9.17) is 0 Å². The number of rotatable bonds is 7. The monoisotopic (exact) mass is 733 g/mol. The number of nitrogens with one attached hydrogen (secondary N) is 1. The van der Waals surface area contributed by atoms with Gasteiger partial charge in [-0.25, -0.2) is 13.2 Å². The zero-order valence-corrected chi connectivity index (χ0v) is 27.8. The highest BCUT2D eigenvalue weighted by molar-refractivity contribution is 5.82. The van der Waals surface area contributed by atoms with E-state index in [1.165, 1.54) is 0 Å². The van der Waals surface area contributed by atoms with Crippen LogP contribution < -0.4 is 10.9 Å². The molecule has 0 spiro atoms. The fourth-order valence-electron chi connectivity index (χ4n) is 6.45. The Labute approximate surface area is 287 Å². The minimum absolute atomic E-state index is 0.0564. The van der Waals surface area contributed by atoms with E-state index < -0.39 is 99.5 Å². The summed E-state index contributed by atoms with van der Waals surface area (Å²) >= 11 is 0. The number of aliphatic carboxylic acids is 1. The lowest BCUT2D eigenvalue weighted by atomic mass is 9.88. The number of aromatic nitrogens is 1. The standard InChI is InChI=1S/C35H36F9N3O4/c1-18-6-4-7-19-11-22(36)14-26(37)31(19)21-12-23(32(38)25(13-21)35(42,43)44)27(16-30(49)50)45-33(51)28(10-18)47-17-20(8-5-9-46(2)3)24(15-29(47)48)34(39,40)41/h11-15,17-18,27-28H,4-10,16H2,1-3H3,(H,45,51)(H,49,50)/t18-,27-,28-/m0/s1. The van der Waals surface area contributed by atoms with Gasteiger partial charge in [-0.2, -0.15) is 26.3 Å². The van der Waals surface area contributed by atoms with Gasteiger partial charge in [0.15, 0.2) is 0 Å². The molecule has 278 valence electrons. The summed E-state index contributed by atoms with van der Waals surface area (Å²) in [5.74, 6) is -7.59. The van der Waals surface area contributed by atoms with E-state index in [0.29, 0.717) is 24.7 Å². The largest absolute Gasteiger partial charge is 0.481 e. The summed E-state index contributed by atoms with van der Waals surface area (Å²) in [4.78, 5) is 41.0. The molecular weight excluding hydrogens is 697 g/mol. The van der Waals surface area contributed by atoms with E-state index in [1.807, 2.05) is 0 Å². The van der Waals surface area contributed by atoms with Gasteiger partial charge >= 0.3 is 18.3 Å². The van der Waals surface area contributed by atoms with Crippen molar-refractivity contribution in [3.8, 4) is 11.1 Å². The van der Waals surface area contributed by atoms with Crippen molar-refractivity contribution in [1.82, 2.24) is 14.8 Å². The number of nitrogens with zero attached hydrogens (tertiary/aromatic N) is 2. The van der Waals surface area contributed by atoms with Crippen molar-refractivity contribution in [3.63, 3.8) is 0 Å². The van der Waals surface area contributed by atoms with Crippen LogP contribution >= 0.6 is 0 Å². The number of carbonyl (C=O) groups excluding carboxylic acids is 1. The Kier molecular flexibility index (Phi) is 12.0.